The zero-order chi connectivity index (χ0) is 25.1. The standard InChI is InChI=1S/C28H33N7O/c1-17-12-28(13-17,26-34-31-16-35(26)4)20-6-5-7-21(11-20)32-25(36)22-10-19(15-30-27(3)8-9-27)24-23(33-22)18(2)14-29-24/h5-7,10-11,14,16-17,29-30H,8-9,12-13,15H2,1-4H3,(H,32,36). The number of anilines is 1. The molecule has 8 heteroatoms. The van der Waals surface area contributed by atoms with Crippen LogP contribution in [0.4, 0.5) is 5.69 Å². The molecule has 0 atom stereocenters. The number of aryl methyl sites for hydroxylation is 2. The second kappa shape index (κ2) is 8.27. The molecule has 2 aliphatic carbocycles. The summed E-state index contributed by atoms with van der Waals surface area (Å²) in [7, 11) is 1.99. The van der Waals surface area contributed by atoms with Crippen LogP contribution in [0, 0.1) is 12.8 Å². The first-order valence-corrected chi connectivity index (χ1v) is 12.8. The minimum absolute atomic E-state index is 0.178. The van der Waals surface area contributed by atoms with Crippen molar-refractivity contribution in [2.24, 2.45) is 13.0 Å². The lowest BCUT2D eigenvalue weighted by Crippen LogP contribution is -2.43. The number of aromatic nitrogens is 5. The average Bonchev–Trinajstić information content (AvgIpc) is 3.23. The third-order valence-corrected chi connectivity index (χ3v) is 8.05. The van der Waals surface area contributed by atoms with Gasteiger partial charge in [0.15, 0.2) is 0 Å². The molecule has 3 heterocycles. The van der Waals surface area contributed by atoms with Crippen molar-refractivity contribution in [3.8, 4) is 0 Å². The van der Waals surface area contributed by atoms with Crippen LogP contribution in [0.15, 0.2) is 42.9 Å². The number of carbonyl (C=O) groups excluding carboxylic acids is 1. The van der Waals surface area contributed by atoms with Gasteiger partial charge in [-0.05, 0) is 80.3 Å². The first-order chi connectivity index (χ1) is 17.3. The Morgan fingerprint density at radius 2 is 2.06 bits per heavy atom. The molecule has 1 amide bonds. The number of H-pyrrole nitrogens is 1. The largest absolute Gasteiger partial charge is 0.359 e. The van der Waals surface area contributed by atoms with Crippen LogP contribution in [-0.2, 0) is 19.0 Å². The van der Waals surface area contributed by atoms with Crippen molar-refractivity contribution in [2.75, 3.05) is 5.32 Å². The van der Waals surface area contributed by atoms with Crippen LogP contribution < -0.4 is 10.6 Å². The molecule has 0 spiro atoms. The van der Waals surface area contributed by atoms with Crippen molar-refractivity contribution in [1.82, 2.24) is 30.0 Å². The average molecular weight is 484 g/mol. The van der Waals surface area contributed by atoms with E-state index >= 15 is 0 Å². The van der Waals surface area contributed by atoms with E-state index in [-0.39, 0.29) is 16.9 Å². The summed E-state index contributed by atoms with van der Waals surface area (Å²) in [5.74, 6) is 1.38. The third kappa shape index (κ3) is 3.89. The molecular weight excluding hydrogens is 450 g/mol. The summed E-state index contributed by atoms with van der Waals surface area (Å²) in [5, 5.41) is 15.3. The summed E-state index contributed by atoms with van der Waals surface area (Å²) in [6, 6.07) is 10.1. The number of rotatable bonds is 7. The Bertz CT molecular complexity index is 1460. The second-order valence-electron chi connectivity index (χ2n) is 11.2. The van der Waals surface area contributed by atoms with Crippen LogP contribution in [0.2, 0.25) is 0 Å². The molecule has 0 bridgehead atoms. The maximum atomic E-state index is 13.4. The molecule has 0 unspecified atom stereocenters. The summed E-state index contributed by atoms with van der Waals surface area (Å²) in [6.07, 6.45) is 8.10. The Hall–Kier alpha value is -3.52. The molecule has 6 rings (SSSR count). The smallest absolute Gasteiger partial charge is 0.274 e. The number of carbonyl (C=O) groups is 1. The van der Waals surface area contributed by atoms with Gasteiger partial charge in [-0.1, -0.05) is 19.1 Å². The van der Waals surface area contributed by atoms with Crippen molar-refractivity contribution in [3.63, 3.8) is 0 Å². The zero-order valence-corrected chi connectivity index (χ0v) is 21.4. The zero-order valence-electron chi connectivity index (χ0n) is 21.4. The molecule has 3 aromatic heterocycles. The fourth-order valence-corrected chi connectivity index (χ4v) is 5.71. The van der Waals surface area contributed by atoms with Crippen LogP contribution >= 0.6 is 0 Å². The van der Waals surface area contributed by atoms with E-state index in [1.807, 2.05) is 42.9 Å². The van der Waals surface area contributed by atoms with Gasteiger partial charge in [0.05, 0.1) is 16.4 Å². The SMILES string of the molecule is Cc1c[nH]c2c(CNC3(C)CC3)cc(C(=O)Nc3cccc(C4(c5nncn5C)CC(C)C4)c3)nc12. The summed E-state index contributed by atoms with van der Waals surface area (Å²) >= 11 is 0. The lowest BCUT2D eigenvalue weighted by molar-refractivity contribution is 0.102. The predicted octanol–water partition coefficient (Wildman–Crippen LogP) is 4.61. The number of fused-ring (bicyclic) bond motifs is 1. The van der Waals surface area contributed by atoms with E-state index in [4.69, 9.17) is 4.98 Å². The fraction of sp³-hybridized carbons (Fsp3) is 0.429. The number of nitrogens with zero attached hydrogens (tertiary/aromatic N) is 4. The molecule has 0 radical (unpaired) electrons. The Labute approximate surface area is 210 Å². The highest BCUT2D eigenvalue weighted by Crippen LogP contribution is 2.51. The van der Waals surface area contributed by atoms with Gasteiger partial charge in [-0.25, -0.2) is 4.98 Å². The van der Waals surface area contributed by atoms with E-state index < -0.39 is 0 Å². The number of amides is 1. The number of hydrogen-bond acceptors (Lipinski definition) is 5. The summed E-state index contributed by atoms with van der Waals surface area (Å²) in [5.41, 5.74) is 6.30. The topological polar surface area (TPSA) is 101 Å². The molecule has 1 aromatic carbocycles. The van der Waals surface area contributed by atoms with Gasteiger partial charge in [-0.2, -0.15) is 0 Å². The van der Waals surface area contributed by atoms with Crippen LogP contribution in [0.1, 0.15) is 72.5 Å². The summed E-state index contributed by atoms with van der Waals surface area (Å²) in [6.45, 7) is 7.22. The van der Waals surface area contributed by atoms with Gasteiger partial charge >= 0.3 is 0 Å². The Balaban J connectivity index is 1.29. The highest BCUT2D eigenvalue weighted by atomic mass is 16.1. The molecule has 3 N–H and O–H groups in total. The van der Waals surface area contributed by atoms with E-state index in [0.29, 0.717) is 18.2 Å². The lowest BCUT2D eigenvalue weighted by Gasteiger charge is -2.46. The Morgan fingerprint density at radius 3 is 2.75 bits per heavy atom. The predicted molar refractivity (Wildman–Crippen MR) is 140 cm³/mol. The van der Waals surface area contributed by atoms with Gasteiger partial charge < -0.3 is 20.2 Å². The first-order valence-electron chi connectivity index (χ1n) is 12.8. The summed E-state index contributed by atoms with van der Waals surface area (Å²) < 4.78 is 2.01. The van der Waals surface area contributed by atoms with E-state index in [2.05, 4.69) is 51.8 Å². The van der Waals surface area contributed by atoms with Gasteiger partial charge in [-0.15, -0.1) is 10.2 Å². The molecule has 2 aliphatic rings. The summed E-state index contributed by atoms with van der Waals surface area (Å²) in [4.78, 5) is 21.5. The van der Waals surface area contributed by atoms with Gasteiger partial charge in [-0.3, -0.25) is 4.79 Å². The Kier molecular flexibility index (Phi) is 5.26. The maximum Gasteiger partial charge on any atom is 0.274 e. The molecule has 0 aliphatic heterocycles. The van der Waals surface area contributed by atoms with Crippen molar-refractivity contribution in [3.05, 3.63) is 71.1 Å². The number of pyridine rings is 1. The molecule has 36 heavy (non-hydrogen) atoms. The van der Waals surface area contributed by atoms with Gasteiger partial charge in [0.1, 0.15) is 17.8 Å². The van der Waals surface area contributed by atoms with Crippen LogP contribution in [0.25, 0.3) is 11.0 Å². The molecule has 8 nitrogen and oxygen atoms in total. The maximum absolute atomic E-state index is 13.4. The quantitative estimate of drug-likeness (QED) is 0.356. The van der Waals surface area contributed by atoms with Crippen molar-refractivity contribution < 1.29 is 4.79 Å². The van der Waals surface area contributed by atoms with Crippen LogP contribution in [0.3, 0.4) is 0 Å². The molecule has 2 fully saturated rings. The minimum atomic E-state index is -0.205. The normalized spacial score (nSPS) is 22.4. The molecule has 2 saturated carbocycles. The number of aromatic amines is 1. The van der Waals surface area contributed by atoms with Gasteiger partial charge in [0.2, 0.25) is 0 Å². The molecule has 0 saturated heterocycles. The molecule has 186 valence electrons. The highest BCUT2D eigenvalue weighted by Gasteiger charge is 2.48. The van der Waals surface area contributed by atoms with Crippen LogP contribution in [-0.4, -0.2) is 36.2 Å². The van der Waals surface area contributed by atoms with E-state index in [1.54, 1.807) is 6.33 Å². The number of benzene rings is 1. The second-order valence-corrected chi connectivity index (χ2v) is 11.2. The molecule has 4 aromatic rings. The third-order valence-electron chi connectivity index (χ3n) is 8.05. The van der Waals surface area contributed by atoms with Gasteiger partial charge in [0.25, 0.3) is 5.91 Å². The van der Waals surface area contributed by atoms with E-state index in [1.165, 1.54) is 12.8 Å². The fourth-order valence-electron chi connectivity index (χ4n) is 5.71. The first kappa shape index (κ1) is 22.9. The van der Waals surface area contributed by atoms with Gasteiger partial charge in [0, 0.05) is 31.0 Å². The van der Waals surface area contributed by atoms with Crippen molar-refractivity contribution in [2.45, 2.75) is 64.0 Å². The monoisotopic (exact) mass is 483 g/mol. The lowest BCUT2D eigenvalue weighted by atomic mass is 9.58. The van der Waals surface area contributed by atoms with Crippen molar-refractivity contribution >= 4 is 22.6 Å². The van der Waals surface area contributed by atoms with E-state index in [9.17, 15) is 4.79 Å². The highest BCUT2D eigenvalue weighted by molar-refractivity contribution is 6.04. The Morgan fingerprint density at radius 1 is 1.25 bits per heavy atom. The van der Waals surface area contributed by atoms with Crippen LogP contribution in [0.5, 0.6) is 0 Å². The van der Waals surface area contributed by atoms with E-state index in [0.717, 1.165) is 52.1 Å². The number of hydrogen-bond donors (Lipinski definition) is 3. The van der Waals surface area contributed by atoms with Crippen molar-refractivity contribution in [1.29, 1.82) is 0 Å². The number of nitrogens with one attached hydrogen (secondary N) is 3. The minimum Gasteiger partial charge on any atom is -0.359 e. The molecular formula is C28H33N7O.